The van der Waals surface area contributed by atoms with Gasteiger partial charge in [-0.05, 0) is 82.1 Å². The van der Waals surface area contributed by atoms with E-state index in [1.165, 1.54) is 27.8 Å². The van der Waals surface area contributed by atoms with Crippen molar-refractivity contribution in [3.8, 4) is 28.2 Å². The van der Waals surface area contributed by atoms with Crippen LogP contribution in [0.2, 0.25) is 0 Å². The van der Waals surface area contributed by atoms with E-state index < -0.39 is 6.37 Å². The first-order valence-corrected chi connectivity index (χ1v) is 17.6. The smallest absolute Gasteiger partial charge is 0.147 e. The topological polar surface area (TPSA) is 30.7 Å². The highest BCUT2D eigenvalue weighted by Gasteiger charge is 2.36. The lowest BCUT2D eigenvalue weighted by Crippen LogP contribution is -2.15. The normalized spacial score (nSPS) is 14.3. The summed E-state index contributed by atoms with van der Waals surface area (Å²) in [6, 6.07) is 46.0. The highest BCUT2D eigenvalue weighted by Crippen LogP contribution is 2.50. The van der Waals surface area contributed by atoms with Gasteiger partial charge in [0.1, 0.15) is 10.7 Å². The van der Waals surface area contributed by atoms with E-state index in [9.17, 15) is 0 Å². The van der Waals surface area contributed by atoms with Gasteiger partial charge in [-0.15, -0.1) is 11.3 Å². The van der Waals surface area contributed by atoms with E-state index in [0.29, 0.717) is 11.3 Å². The van der Waals surface area contributed by atoms with Gasteiger partial charge in [-0.2, -0.15) is 0 Å². The van der Waals surface area contributed by atoms with Gasteiger partial charge in [0.2, 0.25) is 0 Å². The number of fused-ring (bicyclic) bond motifs is 9. The molecule has 4 heteroatoms. The van der Waals surface area contributed by atoms with Crippen LogP contribution >= 0.6 is 11.3 Å². The summed E-state index contributed by atoms with van der Waals surface area (Å²) in [5.74, 6) is 0.884. The molecule has 0 aliphatic heterocycles. The van der Waals surface area contributed by atoms with Crippen LogP contribution in [0.25, 0.3) is 70.3 Å². The Morgan fingerprint density at radius 1 is 0.673 bits per heavy atom. The summed E-state index contributed by atoms with van der Waals surface area (Å²) >= 11 is 1.61. The van der Waals surface area contributed by atoms with Crippen molar-refractivity contribution < 1.29 is 2.74 Å². The molecule has 0 saturated carbocycles. The Hall–Kier alpha value is -5.58. The fraction of sp³-hybridized carbons (Fsp3) is 0.111. The molecular weight excluding hydrogens is 615 g/mol. The van der Waals surface area contributed by atoms with Crippen LogP contribution in [0, 0.1) is 6.92 Å². The fourth-order valence-electron chi connectivity index (χ4n) is 7.92. The van der Waals surface area contributed by atoms with Gasteiger partial charge in [-0.3, -0.25) is 4.57 Å². The Morgan fingerprint density at radius 2 is 1.45 bits per heavy atom. The summed E-state index contributed by atoms with van der Waals surface area (Å²) in [7, 11) is 0. The minimum Gasteiger partial charge on any atom is -0.292 e. The number of rotatable bonds is 4. The quantitative estimate of drug-likeness (QED) is 0.190. The van der Waals surface area contributed by atoms with Crippen molar-refractivity contribution in [2.75, 3.05) is 0 Å². The summed E-state index contributed by atoms with van der Waals surface area (Å²) in [5, 5.41) is 4.40. The van der Waals surface area contributed by atoms with Crippen LogP contribution in [0.1, 0.15) is 44.5 Å². The van der Waals surface area contributed by atoms with E-state index in [4.69, 9.17) is 12.7 Å². The average Bonchev–Trinajstić information content (AvgIpc) is 3.79. The molecule has 0 fully saturated rings. The number of nitrogens with zero attached hydrogens (tertiary/aromatic N) is 3. The molecule has 0 radical (unpaired) electrons. The van der Waals surface area contributed by atoms with Gasteiger partial charge < -0.3 is 0 Å². The maximum atomic E-state index is 8.98. The van der Waals surface area contributed by atoms with E-state index in [-0.39, 0.29) is 5.41 Å². The van der Waals surface area contributed by atoms with Crippen molar-refractivity contribution in [3.05, 3.63) is 161 Å². The van der Waals surface area contributed by atoms with Crippen LogP contribution in [0.3, 0.4) is 0 Å². The lowest BCUT2D eigenvalue weighted by atomic mass is 9.82. The Labute approximate surface area is 292 Å². The van der Waals surface area contributed by atoms with Crippen molar-refractivity contribution >= 4 is 53.4 Å². The molecule has 9 aromatic rings. The Morgan fingerprint density at radius 3 is 2.35 bits per heavy atom. The number of imidazole rings is 1. The third-order valence-corrected chi connectivity index (χ3v) is 11.5. The zero-order chi connectivity index (χ0) is 34.6. The number of benzene rings is 6. The molecule has 0 bridgehead atoms. The summed E-state index contributed by atoms with van der Waals surface area (Å²) in [4.78, 5) is 11.3. The van der Waals surface area contributed by atoms with Crippen molar-refractivity contribution in [1.29, 1.82) is 0 Å². The lowest BCUT2D eigenvalue weighted by Gasteiger charge is -2.23. The van der Waals surface area contributed by atoms with Gasteiger partial charge in [0, 0.05) is 46.6 Å². The minimum absolute atomic E-state index is 0.142. The van der Waals surface area contributed by atoms with Crippen molar-refractivity contribution in [1.82, 2.24) is 14.5 Å². The molecule has 6 aromatic carbocycles. The largest absolute Gasteiger partial charge is 0.292 e. The van der Waals surface area contributed by atoms with Gasteiger partial charge in [-0.1, -0.05) is 111 Å². The number of thiophene rings is 1. The number of aryl methyl sites for hydroxylation is 1. The number of pyridine rings is 1. The second-order valence-electron chi connectivity index (χ2n) is 13.6. The molecule has 0 amide bonds. The highest BCUT2D eigenvalue weighted by atomic mass is 32.1. The summed E-state index contributed by atoms with van der Waals surface area (Å²) < 4.78 is 21.4. The van der Waals surface area contributed by atoms with Crippen LogP contribution < -0.4 is 0 Å². The second kappa shape index (κ2) is 10.5. The summed E-state index contributed by atoms with van der Waals surface area (Å²) in [5.41, 5.74) is 11.5. The van der Waals surface area contributed by atoms with E-state index in [1.54, 1.807) is 11.3 Å². The Kier molecular flexibility index (Phi) is 5.63. The predicted octanol–water partition coefficient (Wildman–Crippen LogP) is 11.8. The summed E-state index contributed by atoms with van der Waals surface area (Å²) in [6.45, 7) is 6.87. The maximum Gasteiger partial charge on any atom is 0.147 e. The van der Waals surface area contributed by atoms with Gasteiger partial charge >= 0.3 is 0 Å². The molecule has 0 N–H and O–H groups in total. The Bertz CT molecular complexity index is 2880. The third-order valence-electron chi connectivity index (χ3n) is 10.3. The van der Waals surface area contributed by atoms with E-state index in [0.717, 1.165) is 59.2 Å². The van der Waals surface area contributed by atoms with E-state index >= 15 is 0 Å². The van der Waals surface area contributed by atoms with Crippen molar-refractivity contribution in [3.63, 3.8) is 0 Å². The summed E-state index contributed by atoms with van der Waals surface area (Å²) in [6.07, 6.45) is -1.72. The molecule has 234 valence electrons. The molecule has 10 rings (SSSR count). The second-order valence-corrected chi connectivity index (χ2v) is 14.6. The van der Waals surface area contributed by atoms with E-state index in [1.807, 2.05) is 42.5 Å². The lowest BCUT2D eigenvalue weighted by molar-refractivity contribution is 0.659. The van der Waals surface area contributed by atoms with Gasteiger partial charge in [0.15, 0.2) is 0 Å². The minimum atomic E-state index is -1.72. The first-order chi connectivity index (χ1) is 24.7. The number of hydrogen-bond donors (Lipinski definition) is 0. The molecule has 3 nitrogen and oxygen atoms in total. The molecule has 0 unspecified atom stereocenters. The molecular formula is C45H33N3S. The van der Waals surface area contributed by atoms with Gasteiger partial charge in [-0.25, -0.2) is 9.97 Å². The van der Waals surface area contributed by atoms with Gasteiger partial charge in [0.05, 0.1) is 16.7 Å². The highest BCUT2D eigenvalue weighted by molar-refractivity contribution is 7.26. The van der Waals surface area contributed by atoms with E-state index in [2.05, 4.69) is 116 Å². The number of aromatic nitrogens is 3. The SMILES string of the molecule is [2H]C([2H])(c1ccccc1)c1ccc2c(n1)sc1c(-c3nc4c5ccccc5ccc4n3-c3cc4c(cc3C)-c3ccccc3C4(C)C)cccc12. The molecule has 3 aromatic heterocycles. The monoisotopic (exact) mass is 649 g/mol. The van der Waals surface area contributed by atoms with Crippen LogP contribution in [0.15, 0.2) is 133 Å². The number of hydrogen-bond acceptors (Lipinski definition) is 3. The predicted molar refractivity (Wildman–Crippen MR) is 206 cm³/mol. The Balaban J connectivity index is 1.24. The zero-order valence-corrected chi connectivity index (χ0v) is 28.3. The molecule has 1 aliphatic carbocycles. The van der Waals surface area contributed by atoms with Crippen molar-refractivity contribution in [2.24, 2.45) is 0 Å². The van der Waals surface area contributed by atoms with Crippen LogP contribution in [-0.4, -0.2) is 14.5 Å². The average molecular weight is 650 g/mol. The van der Waals surface area contributed by atoms with Crippen molar-refractivity contribution in [2.45, 2.75) is 32.6 Å². The zero-order valence-electron chi connectivity index (χ0n) is 29.5. The maximum absolute atomic E-state index is 8.98. The molecule has 0 spiro atoms. The standard InChI is InChI=1S/C45H33N3S/c1-27-24-36-32-16-9-10-19-37(32)45(2,3)38(36)26-40(27)48-39-23-20-29-14-7-8-15-31(29)41(39)47-43(48)35-18-11-17-33-34-22-21-30(46-44(34)49-42(33)35)25-28-12-5-4-6-13-28/h4-24,26H,25H2,1-3H3/i25D2. The first kappa shape index (κ1) is 26.4. The van der Waals surface area contributed by atoms with Gasteiger partial charge in [0.25, 0.3) is 0 Å². The van der Waals surface area contributed by atoms with Crippen LogP contribution in [0.5, 0.6) is 0 Å². The fourth-order valence-corrected chi connectivity index (χ4v) is 9.10. The van der Waals surface area contributed by atoms with Crippen LogP contribution in [0.4, 0.5) is 0 Å². The van der Waals surface area contributed by atoms with Crippen LogP contribution in [-0.2, 0) is 11.8 Å². The third kappa shape index (κ3) is 4.20. The molecule has 49 heavy (non-hydrogen) atoms. The molecule has 0 saturated heterocycles. The molecule has 3 heterocycles. The molecule has 1 aliphatic rings. The molecule has 0 atom stereocenters. The first-order valence-electron chi connectivity index (χ1n) is 17.8.